The van der Waals surface area contributed by atoms with Gasteiger partial charge in [-0.2, -0.15) is 0 Å². The predicted octanol–water partition coefficient (Wildman–Crippen LogP) is 2.21. The molecule has 0 spiro atoms. The van der Waals surface area contributed by atoms with Gasteiger partial charge in [0.2, 0.25) is 5.91 Å². The van der Waals surface area contributed by atoms with Crippen LogP contribution < -0.4 is 9.64 Å². The van der Waals surface area contributed by atoms with Gasteiger partial charge in [-0.3, -0.25) is 4.79 Å². The SMILES string of the molecule is COc1cccc2c1N(C(=O)CCl)CCC2. The number of carbonyl (C=O) groups excluding carboxylic acids is 1. The van der Waals surface area contributed by atoms with Gasteiger partial charge in [0.1, 0.15) is 11.6 Å². The molecule has 1 aliphatic rings. The van der Waals surface area contributed by atoms with Gasteiger partial charge < -0.3 is 9.64 Å². The van der Waals surface area contributed by atoms with Gasteiger partial charge in [0.25, 0.3) is 0 Å². The van der Waals surface area contributed by atoms with Crippen LogP contribution in [-0.4, -0.2) is 25.4 Å². The first-order valence-electron chi connectivity index (χ1n) is 5.30. The van der Waals surface area contributed by atoms with Crippen molar-refractivity contribution in [1.29, 1.82) is 0 Å². The van der Waals surface area contributed by atoms with E-state index >= 15 is 0 Å². The molecule has 4 heteroatoms. The van der Waals surface area contributed by atoms with E-state index in [2.05, 4.69) is 0 Å². The Morgan fingerprint density at radius 3 is 3.06 bits per heavy atom. The molecule has 0 N–H and O–H groups in total. The Morgan fingerprint density at radius 1 is 1.56 bits per heavy atom. The summed E-state index contributed by atoms with van der Waals surface area (Å²) in [6.07, 6.45) is 1.96. The van der Waals surface area contributed by atoms with Gasteiger partial charge in [0, 0.05) is 6.54 Å². The second kappa shape index (κ2) is 4.74. The maximum atomic E-state index is 11.7. The summed E-state index contributed by atoms with van der Waals surface area (Å²) in [6.45, 7) is 0.721. The number of rotatable bonds is 2. The van der Waals surface area contributed by atoms with Gasteiger partial charge in [-0.05, 0) is 24.5 Å². The molecule has 86 valence electrons. The average molecular weight is 240 g/mol. The molecule has 1 aromatic carbocycles. The number of para-hydroxylation sites is 1. The Bertz CT molecular complexity index is 392. The van der Waals surface area contributed by atoms with Crippen molar-refractivity contribution in [2.24, 2.45) is 0 Å². The molecule has 2 rings (SSSR count). The number of fused-ring (bicyclic) bond motifs is 1. The zero-order valence-electron chi connectivity index (χ0n) is 9.20. The Balaban J connectivity index is 2.46. The quantitative estimate of drug-likeness (QED) is 0.741. The third-order valence-electron chi connectivity index (χ3n) is 2.82. The molecule has 0 atom stereocenters. The van der Waals surface area contributed by atoms with Crippen LogP contribution in [0.4, 0.5) is 5.69 Å². The number of carbonyl (C=O) groups is 1. The monoisotopic (exact) mass is 239 g/mol. The predicted molar refractivity (Wildman–Crippen MR) is 64.4 cm³/mol. The normalized spacial score (nSPS) is 14.5. The minimum Gasteiger partial charge on any atom is -0.495 e. The number of anilines is 1. The third kappa shape index (κ3) is 1.87. The molecule has 1 aliphatic heterocycles. The topological polar surface area (TPSA) is 29.5 Å². The molecule has 16 heavy (non-hydrogen) atoms. The number of amides is 1. The summed E-state index contributed by atoms with van der Waals surface area (Å²) in [4.78, 5) is 13.5. The van der Waals surface area contributed by atoms with E-state index in [0.717, 1.165) is 36.4 Å². The van der Waals surface area contributed by atoms with Crippen molar-refractivity contribution in [2.75, 3.05) is 24.4 Å². The lowest BCUT2D eigenvalue weighted by atomic mass is 10.0. The number of nitrogens with zero attached hydrogens (tertiary/aromatic N) is 1. The summed E-state index contributed by atoms with van der Waals surface area (Å²) in [5, 5.41) is 0. The highest BCUT2D eigenvalue weighted by atomic mass is 35.5. The van der Waals surface area contributed by atoms with Gasteiger partial charge in [0.15, 0.2) is 0 Å². The van der Waals surface area contributed by atoms with Crippen LogP contribution in [0.5, 0.6) is 5.75 Å². The van der Waals surface area contributed by atoms with Crippen molar-refractivity contribution >= 4 is 23.2 Å². The van der Waals surface area contributed by atoms with E-state index in [1.54, 1.807) is 12.0 Å². The first-order valence-corrected chi connectivity index (χ1v) is 5.83. The van der Waals surface area contributed by atoms with E-state index in [-0.39, 0.29) is 11.8 Å². The van der Waals surface area contributed by atoms with E-state index in [9.17, 15) is 4.79 Å². The highest BCUT2D eigenvalue weighted by molar-refractivity contribution is 6.29. The Labute approximate surface area is 100.0 Å². The van der Waals surface area contributed by atoms with Crippen molar-refractivity contribution < 1.29 is 9.53 Å². The molecule has 0 unspecified atom stereocenters. The summed E-state index contributed by atoms with van der Waals surface area (Å²) in [7, 11) is 1.62. The number of methoxy groups -OCH3 is 1. The molecule has 1 amide bonds. The molecule has 0 saturated carbocycles. The summed E-state index contributed by atoms with van der Waals surface area (Å²) in [5.74, 6) is 0.695. The fraction of sp³-hybridized carbons (Fsp3) is 0.417. The van der Waals surface area contributed by atoms with E-state index in [1.165, 1.54) is 0 Å². The van der Waals surface area contributed by atoms with E-state index in [0.29, 0.717) is 0 Å². The summed E-state index contributed by atoms with van der Waals surface area (Å²) >= 11 is 5.62. The first kappa shape index (κ1) is 11.3. The Kier molecular flexibility index (Phi) is 3.34. The number of alkyl halides is 1. The molecule has 3 nitrogen and oxygen atoms in total. The van der Waals surface area contributed by atoms with Gasteiger partial charge in [-0.1, -0.05) is 12.1 Å². The van der Waals surface area contributed by atoms with Crippen LogP contribution in [0, 0.1) is 0 Å². The van der Waals surface area contributed by atoms with E-state index < -0.39 is 0 Å². The third-order valence-corrected chi connectivity index (χ3v) is 3.04. The number of hydrogen-bond acceptors (Lipinski definition) is 2. The second-order valence-electron chi connectivity index (χ2n) is 3.75. The van der Waals surface area contributed by atoms with Gasteiger partial charge in [-0.15, -0.1) is 11.6 Å². The van der Waals surface area contributed by atoms with Crippen molar-refractivity contribution in [3.05, 3.63) is 23.8 Å². The molecular weight excluding hydrogens is 226 g/mol. The number of ether oxygens (including phenoxy) is 1. The molecular formula is C12H14ClNO2. The van der Waals surface area contributed by atoms with Crippen LogP contribution >= 0.6 is 11.6 Å². The Hall–Kier alpha value is -1.22. The fourth-order valence-corrected chi connectivity index (χ4v) is 2.25. The highest BCUT2D eigenvalue weighted by Crippen LogP contribution is 2.36. The lowest BCUT2D eigenvalue weighted by molar-refractivity contribution is -0.116. The maximum absolute atomic E-state index is 11.7. The van der Waals surface area contributed by atoms with Crippen molar-refractivity contribution in [2.45, 2.75) is 12.8 Å². The highest BCUT2D eigenvalue weighted by Gasteiger charge is 2.24. The second-order valence-corrected chi connectivity index (χ2v) is 4.02. The van der Waals surface area contributed by atoms with Crippen molar-refractivity contribution in [3.8, 4) is 5.75 Å². The summed E-state index contributed by atoms with van der Waals surface area (Å²) in [5.41, 5.74) is 2.05. The maximum Gasteiger partial charge on any atom is 0.242 e. The van der Waals surface area contributed by atoms with E-state index in [1.807, 2.05) is 18.2 Å². The van der Waals surface area contributed by atoms with Gasteiger partial charge in [0.05, 0.1) is 12.8 Å². The minimum absolute atomic E-state index is 0.0114. The molecule has 0 aliphatic carbocycles. The molecule has 0 saturated heterocycles. The number of aryl methyl sites for hydroxylation is 1. The van der Waals surface area contributed by atoms with Crippen molar-refractivity contribution in [3.63, 3.8) is 0 Å². The summed E-state index contributed by atoms with van der Waals surface area (Å²) in [6, 6.07) is 5.86. The number of hydrogen-bond donors (Lipinski definition) is 0. The largest absolute Gasteiger partial charge is 0.495 e. The zero-order chi connectivity index (χ0) is 11.5. The fourth-order valence-electron chi connectivity index (χ4n) is 2.10. The molecule has 0 radical (unpaired) electrons. The lowest BCUT2D eigenvalue weighted by Gasteiger charge is -2.30. The average Bonchev–Trinajstić information content (AvgIpc) is 2.36. The van der Waals surface area contributed by atoms with Crippen molar-refractivity contribution in [1.82, 2.24) is 0 Å². The smallest absolute Gasteiger partial charge is 0.242 e. The van der Waals surface area contributed by atoms with Crippen LogP contribution in [0.25, 0.3) is 0 Å². The minimum atomic E-state index is -0.0629. The van der Waals surface area contributed by atoms with Gasteiger partial charge in [-0.25, -0.2) is 0 Å². The Morgan fingerprint density at radius 2 is 2.38 bits per heavy atom. The standard InChI is InChI=1S/C12H14ClNO2/c1-16-10-6-2-4-9-5-3-7-14(12(9)10)11(15)8-13/h2,4,6H,3,5,7-8H2,1H3. The lowest BCUT2D eigenvalue weighted by Crippen LogP contribution is -2.36. The molecule has 0 bridgehead atoms. The van der Waals surface area contributed by atoms with E-state index in [4.69, 9.17) is 16.3 Å². The van der Waals surface area contributed by atoms with Crippen LogP contribution in [0.2, 0.25) is 0 Å². The zero-order valence-corrected chi connectivity index (χ0v) is 9.96. The van der Waals surface area contributed by atoms with Crippen LogP contribution in [0.15, 0.2) is 18.2 Å². The van der Waals surface area contributed by atoms with Crippen LogP contribution in [-0.2, 0) is 11.2 Å². The number of halogens is 1. The van der Waals surface area contributed by atoms with Crippen LogP contribution in [0.3, 0.4) is 0 Å². The van der Waals surface area contributed by atoms with Gasteiger partial charge >= 0.3 is 0 Å². The van der Waals surface area contributed by atoms with Crippen LogP contribution in [0.1, 0.15) is 12.0 Å². The molecule has 0 aromatic heterocycles. The molecule has 0 fully saturated rings. The first-order chi connectivity index (χ1) is 7.77. The summed E-state index contributed by atoms with van der Waals surface area (Å²) < 4.78 is 5.30. The number of benzene rings is 1. The molecule has 1 heterocycles. The molecule has 1 aromatic rings.